The first-order chi connectivity index (χ1) is 16.7. The van der Waals surface area contributed by atoms with Gasteiger partial charge in [0.25, 0.3) is 0 Å². The molecule has 0 amide bonds. The van der Waals surface area contributed by atoms with Crippen molar-refractivity contribution in [2.45, 2.75) is 41.4 Å². The SMILES string of the molecule is O=C(OCc1ccccc1)C1(S(=O)(=O)c2cc(C(F)(F)F)cc(C(F)(F)F)c2)Cc2ccccc2C1. The van der Waals surface area contributed by atoms with E-state index in [1.165, 1.54) is 0 Å². The molecule has 0 fully saturated rings. The summed E-state index contributed by atoms with van der Waals surface area (Å²) in [4.78, 5) is 12.1. The van der Waals surface area contributed by atoms with Crippen molar-refractivity contribution in [3.05, 3.63) is 101 Å². The molecule has 0 saturated heterocycles. The molecule has 11 heteroatoms. The van der Waals surface area contributed by atoms with E-state index in [1.807, 2.05) is 0 Å². The maximum atomic E-state index is 13.8. The summed E-state index contributed by atoms with van der Waals surface area (Å²) in [6.07, 6.45) is -11.4. The number of alkyl halides is 6. The topological polar surface area (TPSA) is 60.4 Å². The van der Waals surface area contributed by atoms with E-state index in [0.717, 1.165) is 0 Å². The number of ether oxygens (including phenoxy) is 1. The first kappa shape index (κ1) is 25.7. The minimum absolute atomic E-state index is 0.125. The summed E-state index contributed by atoms with van der Waals surface area (Å²) < 4.78 is 111. The number of halogens is 6. The van der Waals surface area contributed by atoms with Crippen LogP contribution >= 0.6 is 0 Å². The summed E-state index contributed by atoms with van der Waals surface area (Å²) in [5, 5.41) is 0. The molecule has 0 saturated carbocycles. The predicted octanol–water partition coefficient (Wildman–Crippen LogP) is 5.78. The van der Waals surface area contributed by atoms with Crippen LogP contribution in [0.5, 0.6) is 0 Å². The van der Waals surface area contributed by atoms with Crippen LogP contribution in [0.25, 0.3) is 0 Å². The van der Waals surface area contributed by atoms with E-state index >= 15 is 0 Å². The Morgan fingerprint density at radius 3 is 1.72 bits per heavy atom. The Morgan fingerprint density at radius 2 is 1.25 bits per heavy atom. The lowest BCUT2D eigenvalue weighted by molar-refractivity contribution is -0.148. The van der Waals surface area contributed by atoms with Gasteiger partial charge in [0.1, 0.15) is 6.61 Å². The van der Waals surface area contributed by atoms with Crippen molar-refractivity contribution in [3.8, 4) is 0 Å². The molecular formula is C25H18F6O4S. The van der Waals surface area contributed by atoms with Crippen molar-refractivity contribution in [1.82, 2.24) is 0 Å². The van der Waals surface area contributed by atoms with E-state index in [-0.39, 0.29) is 24.8 Å². The first-order valence-corrected chi connectivity index (χ1v) is 12.0. The van der Waals surface area contributed by atoms with Gasteiger partial charge in [-0.2, -0.15) is 26.3 Å². The Hall–Kier alpha value is -3.34. The summed E-state index contributed by atoms with van der Waals surface area (Å²) in [7, 11) is -5.11. The van der Waals surface area contributed by atoms with Crippen molar-refractivity contribution >= 4 is 15.8 Å². The highest BCUT2D eigenvalue weighted by Gasteiger charge is 2.57. The Balaban J connectivity index is 1.84. The molecule has 190 valence electrons. The van der Waals surface area contributed by atoms with Gasteiger partial charge in [-0.05, 0) is 34.9 Å². The average Bonchev–Trinajstić information content (AvgIpc) is 3.23. The zero-order chi connectivity index (χ0) is 26.4. The molecule has 4 nitrogen and oxygen atoms in total. The molecule has 4 rings (SSSR count). The minimum atomic E-state index is -5.26. The molecule has 36 heavy (non-hydrogen) atoms. The molecule has 0 aromatic heterocycles. The fourth-order valence-corrected chi connectivity index (χ4v) is 6.17. The highest BCUT2D eigenvalue weighted by Crippen LogP contribution is 2.44. The zero-order valence-electron chi connectivity index (χ0n) is 18.4. The van der Waals surface area contributed by atoms with E-state index in [1.54, 1.807) is 54.6 Å². The van der Waals surface area contributed by atoms with Gasteiger partial charge in [-0.3, -0.25) is 4.79 Å². The summed E-state index contributed by atoms with van der Waals surface area (Å²) >= 11 is 0. The highest BCUT2D eigenvalue weighted by atomic mass is 32.2. The molecule has 0 atom stereocenters. The Labute approximate surface area is 202 Å². The number of carbonyl (C=O) groups excluding carboxylic acids is 1. The molecule has 3 aromatic carbocycles. The van der Waals surface area contributed by atoms with Gasteiger partial charge in [0.15, 0.2) is 14.6 Å². The monoisotopic (exact) mass is 528 g/mol. The second-order valence-corrected chi connectivity index (χ2v) is 10.7. The van der Waals surface area contributed by atoms with Crippen molar-refractivity contribution in [1.29, 1.82) is 0 Å². The van der Waals surface area contributed by atoms with Gasteiger partial charge in [-0.15, -0.1) is 0 Å². The fourth-order valence-electron chi connectivity index (χ4n) is 4.19. The number of esters is 1. The van der Waals surface area contributed by atoms with Crippen LogP contribution in [-0.4, -0.2) is 19.1 Å². The molecule has 0 unspecified atom stereocenters. The quantitative estimate of drug-likeness (QED) is 0.311. The molecule has 1 aliphatic rings. The average molecular weight is 528 g/mol. The van der Waals surface area contributed by atoms with E-state index in [2.05, 4.69) is 0 Å². The summed E-state index contributed by atoms with van der Waals surface area (Å²) in [6.45, 7) is -0.330. The standard InChI is InChI=1S/C25H18F6O4S/c26-24(27,28)19-10-20(25(29,30)31)12-21(11-19)36(33,34)23(13-17-8-4-5-9-18(17)14-23)22(32)35-15-16-6-2-1-3-7-16/h1-12H,13-15H2. The maximum Gasteiger partial charge on any atom is 0.416 e. The van der Waals surface area contributed by atoms with E-state index in [0.29, 0.717) is 16.7 Å². The van der Waals surface area contributed by atoms with Crippen molar-refractivity contribution < 1.29 is 44.3 Å². The summed E-state index contributed by atoms with van der Waals surface area (Å²) in [6, 6.07) is 14.6. The zero-order valence-corrected chi connectivity index (χ0v) is 19.2. The molecule has 0 radical (unpaired) electrons. The highest BCUT2D eigenvalue weighted by molar-refractivity contribution is 7.93. The predicted molar refractivity (Wildman–Crippen MR) is 116 cm³/mol. The lowest BCUT2D eigenvalue weighted by Crippen LogP contribution is -2.48. The van der Waals surface area contributed by atoms with Gasteiger partial charge in [-0.25, -0.2) is 8.42 Å². The van der Waals surface area contributed by atoms with Crippen LogP contribution in [0.3, 0.4) is 0 Å². The molecule has 0 bridgehead atoms. The fraction of sp³-hybridized carbons (Fsp3) is 0.240. The minimum Gasteiger partial charge on any atom is -0.460 e. The van der Waals surface area contributed by atoms with Crippen molar-refractivity contribution in [3.63, 3.8) is 0 Å². The number of carbonyl (C=O) groups is 1. The van der Waals surface area contributed by atoms with Crippen LogP contribution in [0.15, 0.2) is 77.7 Å². The van der Waals surface area contributed by atoms with Crippen molar-refractivity contribution in [2.24, 2.45) is 0 Å². The molecule has 0 N–H and O–H groups in total. The van der Waals surface area contributed by atoms with Crippen LogP contribution in [0, 0.1) is 0 Å². The summed E-state index contributed by atoms with van der Waals surface area (Å²) in [5.41, 5.74) is -2.20. The van der Waals surface area contributed by atoms with Crippen LogP contribution in [0.4, 0.5) is 26.3 Å². The van der Waals surface area contributed by atoms with Gasteiger partial charge in [-0.1, -0.05) is 54.6 Å². The third-order valence-corrected chi connectivity index (χ3v) is 8.38. The molecule has 0 heterocycles. The van der Waals surface area contributed by atoms with E-state index in [4.69, 9.17) is 4.74 Å². The summed E-state index contributed by atoms with van der Waals surface area (Å²) in [5.74, 6) is -1.26. The molecule has 1 aliphatic carbocycles. The van der Waals surface area contributed by atoms with Crippen LogP contribution in [0.1, 0.15) is 27.8 Å². The maximum absolute atomic E-state index is 13.8. The number of benzene rings is 3. The number of sulfone groups is 1. The van der Waals surface area contributed by atoms with Crippen LogP contribution in [-0.2, 0) is 51.2 Å². The normalized spacial score (nSPS) is 15.4. The molecule has 0 spiro atoms. The van der Waals surface area contributed by atoms with Gasteiger partial charge < -0.3 is 4.74 Å². The first-order valence-electron chi connectivity index (χ1n) is 10.6. The Kier molecular flexibility index (Phi) is 6.40. The lowest BCUT2D eigenvalue weighted by Gasteiger charge is -2.27. The van der Waals surface area contributed by atoms with Crippen LogP contribution in [0.2, 0.25) is 0 Å². The Bertz CT molecular complexity index is 1340. The molecule has 3 aromatic rings. The number of rotatable bonds is 5. The Morgan fingerprint density at radius 1 is 0.778 bits per heavy atom. The smallest absolute Gasteiger partial charge is 0.416 e. The third kappa shape index (κ3) is 4.71. The lowest BCUT2D eigenvalue weighted by atomic mass is 10.1. The van der Waals surface area contributed by atoms with E-state index in [9.17, 15) is 39.6 Å². The van der Waals surface area contributed by atoms with E-state index < -0.39 is 61.8 Å². The largest absolute Gasteiger partial charge is 0.460 e. The van der Waals surface area contributed by atoms with Crippen LogP contribution < -0.4 is 0 Å². The molecular weight excluding hydrogens is 510 g/mol. The second kappa shape index (κ2) is 8.95. The van der Waals surface area contributed by atoms with Crippen molar-refractivity contribution in [2.75, 3.05) is 0 Å². The number of hydrogen-bond donors (Lipinski definition) is 0. The third-order valence-electron chi connectivity index (χ3n) is 6.04. The van der Waals surface area contributed by atoms with Gasteiger partial charge in [0.05, 0.1) is 16.0 Å². The van der Waals surface area contributed by atoms with Gasteiger partial charge >= 0.3 is 18.3 Å². The number of fused-ring (bicyclic) bond motifs is 1. The number of hydrogen-bond acceptors (Lipinski definition) is 4. The van der Waals surface area contributed by atoms with Gasteiger partial charge in [0, 0.05) is 12.8 Å². The second-order valence-electron chi connectivity index (χ2n) is 8.42. The van der Waals surface area contributed by atoms with Gasteiger partial charge in [0.2, 0.25) is 0 Å². The molecule has 0 aliphatic heterocycles.